The van der Waals surface area contributed by atoms with E-state index in [-0.39, 0.29) is 6.04 Å². The second-order valence-corrected chi connectivity index (χ2v) is 4.97. The highest BCUT2D eigenvalue weighted by Crippen LogP contribution is 2.30. The van der Waals surface area contributed by atoms with Crippen molar-refractivity contribution >= 4 is 17.3 Å². The van der Waals surface area contributed by atoms with Crippen LogP contribution in [0.2, 0.25) is 0 Å². The molecule has 1 aromatic rings. The molecule has 1 aliphatic rings. The van der Waals surface area contributed by atoms with Crippen LogP contribution in [0.4, 0.5) is 15.8 Å². The summed E-state index contributed by atoms with van der Waals surface area (Å²) < 4.78 is 13.8. The summed E-state index contributed by atoms with van der Waals surface area (Å²) in [7, 11) is 1.58. The molecule has 0 aliphatic heterocycles. The summed E-state index contributed by atoms with van der Waals surface area (Å²) in [6, 6.07) is 1.92. The van der Waals surface area contributed by atoms with E-state index >= 15 is 0 Å². The van der Waals surface area contributed by atoms with Crippen LogP contribution < -0.4 is 5.73 Å². The van der Waals surface area contributed by atoms with Crippen molar-refractivity contribution in [1.29, 1.82) is 0 Å². The molecular weight excluding hydrogens is 265 g/mol. The molecule has 1 fully saturated rings. The van der Waals surface area contributed by atoms with E-state index in [9.17, 15) is 19.3 Å². The molecule has 108 valence electrons. The highest BCUT2D eigenvalue weighted by Gasteiger charge is 2.30. The molecule has 2 rings (SSSR count). The predicted molar refractivity (Wildman–Crippen MR) is 71.8 cm³/mol. The van der Waals surface area contributed by atoms with E-state index in [4.69, 9.17) is 5.73 Å². The number of amides is 1. The monoisotopic (exact) mass is 281 g/mol. The van der Waals surface area contributed by atoms with Gasteiger partial charge in [-0.15, -0.1) is 0 Å². The zero-order valence-electron chi connectivity index (χ0n) is 11.1. The van der Waals surface area contributed by atoms with E-state index in [0.29, 0.717) is 0 Å². The lowest BCUT2D eigenvalue weighted by Crippen LogP contribution is -2.36. The molecule has 0 unspecified atom stereocenters. The zero-order chi connectivity index (χ0) is 14.9. The van der Waals surface area contributed by atoms with Crippen molar-refractivity contribution in [2.24, 2.45) is 0 Å². The number of nitrogen functional groups attached to an aromatic ring is 1. The molecule has 7 heteroatoms. The lowest BCUT2D eigenvalue weighted by molar-refractivity contribution is -0.384. The number of carbonyl (C=O) groups is 1. The third-order valence-corrected chi connectivity index (χ3v) is 3.77. The maximum absolute atomic E-state index is 13.8. The Morgan fingerprint density at radius 2 is 2.05 bits per heavy atom. The first-order chi connectivity index (χ1) is 9.43. The van der Waals surface area contributed by atoms with Crippen molar-refractivity contribution in [3.05, 3.63) is 33.6 Å². The van der Waals surface area contributed by atoms with E-state index in [1.54, 1.807) is 7.05 Å². The van der Waals surface area contributed by atoms with Crippen LogP contribution in [0.5, 0.6) is 0 Å². The predicted octanol–water partition coefficient (Wildman–Crippen LogP) is 2.33. The van der Waals surface area contributed by atoms with Gasteiger partial charge in [-0.2, -0.15) is 0 Å². The number of rotatable bonds is 3. The summed E-state index contributed by atoms with van der Waals surface area (Å²) in [5.74, 6) is -1.43. The van der Waals surface area contributed by atoms with Gasteiger partial charge in [0.1, 0.15) is 17.1 Å². The Morgan fingerprint density at radius 3 is 2.60 bits per heavy atom. The maximum Gasteiger partial charge on any atom is 0.293 e. The number of hydrogen-bond acceptors (Lipinski definition) is 4. The van der Waals surface area contributed by atoms with Crippen molar-refractivity contribution in [3.63, 3.8) is 0 Å². The molecule has 0 atom stereocenters. The third kappa shape index (κ3) is 2.43. The average Bonchev–Trinajstić information content (AvgIpc) is 2.91. The number of nitro benzene ring substituents is 1. The first kappa shape index (κ1) is 14.2. The largest absolute Gasteiger partial charge is 0.392 e. The van der Waals surface area contributed by atoms with Crippen molar-refractivity contribution in [1.82, 2.24) is 4.90 Å². The van der Waals surface area contributed by atoms with E-state index in [2.05, 4.69) is 0 Å². The fourth-order valence-corrected chi connectivity index (χ4v) is 2.59. The number of halogens is 1. The Morgan fingerprint density at radius 1 is 1.45 bits per heavy atom. The molecule has 0 spiro atoms. The van der Waals surface area contributed by atoms with Crippen LogP contribution in [-0.4, -0.2) is 28.8 Å². The first-order valence-corrected chi connectivity index (χ1v) is 6.43. The van der Waals surface area contributed by atoms with E-state index in [1.165, 1.54) is 4.90 Å². The Kier molecular flexibility index (Phi) is 3.87. The quantitative estimate of drug-likeness (QED) is 0.523. The second-order valence-electron chi connectivity index (χ2n) is 4.97. The molecule has 1 aliphatic carbocycles. The molecule has 2 N–H and O–H groups in total. The van der Waals surface area contributed by atoms with Gasteiger partial charge in [0.05, 0.1) is 4.92 Å². The fourth-order valence-electron chi connectivity index (χ4n) is 2.59. The van der Waals surface area contributed by atoms with Crippen LogP contribution in [0.15, 0.2) is 12.1 Å². The minimum absolute atomic E-state index is 0.0422. The molecule has 1 amide bonds. The van der Waals surface area contributed by atoms with Gasteiger partial charge in [0.15, 0.2) is 0 Å². The highest BCUT2D eigenvalue weighted by molar-refractivity contribution is 6.01. The molecule has 6 nitrogen and oxygen atoms in total. The Labute approximate surface area is 115 Å². The van der Waals surface area contributed by atoms with Crippen molar-refractivity contribution in [2.45, 2.75) is 31.7 Å². The zero-order valence-corrected chi connectivity index (χ0v) is 11.1. The minimum atomic E-state index is -0.831. The van der Waals surface area contributed by atoms with E-state index in [1.807, 2.05) is 0 Å². The van der Waals surface area contributed by atoms with Gasteiger partial charge in [-0.05, 0) is 18.9 Å². The molecule has 0 saturated heterocycles. The second kappa shape index (κ2) is 5.44. The van der Waals surface area contributed by atoms with Gasteiger partial charge in [0.2, 0.25) is 0 Å². The number of nitrogens with two attached hydrogens (primary N) is 1. The van der Waals surface area contributed by atoms with E-state index in [0.717, 1.165) is 37.8 Å². The minimum Gasteiger partial charge on any atom is -0.392 e. The molecular formula is C13H16FN3O3. The molecule has 0 heterocycles. The summed E-state index contributed by atoms with van der Waals surface area (Å²) >= 11 is 0. The van der Waals surface area contributed by atoms with Gasteiger partial charge in [-0.3, -0.25) is 14.9 Å². The highest BCUT2D eigenvalue weighted by atomic mass is 19.1. The number of anilines is 1. The average molecular weight is 281 g/mol. The number of nitrogens with zero attached hydrogens (tertiary/aromatic N) is 2. The molecule has 0 radical (unpaired) electrons. The van der Waals surface area contributed by atoms with Crippen LogP contribution in [0.3, 0.4) is 0 Å². The molecule has 0 aromatic heterocycles. The lowest BCUT2D eigenvalue weighted by Gasteiger charge is -2.25. The SMILES string of the molecule is CN(C(=O)c1c(F)ccc([N+](=O)[O-])c1N)C1CCCC1. The third-order valence-electron chi connectivity index (χ3n) is 3.77. The Hall–Kier alpha value is -2.18. The number of nitro groups is 1. The smallest absolute Gasteiger partial charge is 0.293 e. The van der Waals surface area contributed by atoms with Crippen LogP contribution in [0.1, 0.15) is 36.0 Å². The summed E-state index contributed by atoms with van der Waals surface area (Å²) in [5, 5.41) is 10.8. The first-order valence-electron chi connectivity index (χ1n) is 6.43. The summed E-state index contributed by atoms with van der Waals surface area (Å²) in [5.41, 5.74) is 4.32. The summed E-state index contributed by atoms with van der Waals surface area (Å²) in [6.07, 6.45) is 3.77. The molecule has 20 heavy (non-hydrogen) atoms. The van der Waals surface area contributed by atoms with Gasteiger partial charge in [0.25, 0.3) is 11.6 Å². The number of carbonyl (C=O) groups excluding carboxylic acids is 1. The molecule has 1 aromatic carbocycles. The fraction of sp³-hybridized carbons (Fsp3) is 0.462. The van der Waals surface area contributed by atoms with Crippen molar-refractivity contribution in [3.8, 4) is 0 Å². The van der Waals surface area contributed by atoms with Gasteiger partial charge in [-0.1, -0.05) is 12.8 Å². The number of hydrogen-bond donors (Lipinski definition) is 1. The Bertz CT molecular complexity index is 556. The molecule has 0 bridgehead atoms. The van der Waals surface area contributed by atoms with Crippen LogP contribution in [-0.2, 0) is 0 Å². The standard InChI is InChI=1S/C13H16FN3O3/c1-16(8-4-2-3-5-8)13(18)11-9(14)6-7-10(12(11)15)17(19)20/h6-8H,2-5,15H2,1H3. The van der Waals surface area contributed by atoms with E-state index < -0.39 is 33.6 Å². The van der Waals surface area contributed by atoms with Gasteiger partial charge >= 0.3 is 0 Å². The van der Waals surface area contributed by atoms with Crippen molar-refractivity contribution < 1.29 is 14.1 Å². The molecule has 1 saturated carbocycles. The Balaban J connectivity index is 2.38. The van der Waals surface area contributed by atoms with Gasteiger partial charge < -0.3 is 10.6 Å². The number of benzene rings is 1. The van der Waals surface area contributed by atoms with Crippen LogP contribution >= 0.6 is 0 Å². The normalized spacial score (nSPS) is 15.3. The summed E-state index contributed by atoms with van der Waals surface area (Å²) in [6.45, 7) is 0. The van der Waals surface area contributed by atoms with Crippen LogP contribution in [0.25, 0.3) is 0 Å². The van der Waals surface area contributed by atoms with Gasteiger partial charge in [-0.25, -0.2) is 4.39 Å². The van der Waals surface area contributed by atoms with Crippen LogP contribution in [0, 0.1) is 15.9 Å². The summed E-state index contributed by atoms with van der Waals surface area (Å²) in [4.78, 5) is 23.9. The topological polar surface area (TPSA) is 89.5 Å². The van der Waals surface area contributed by atoms with Crippen molar-refractivity contribution in [2.75, 3.05) is 12.8 Å². The van der Waals surface area contributed by atoms with Gasteiger partial charge in [0, 0.05) is 19.2 Å². The maximum atomic E-state index is 13.8. The lowest BCUT2D eigenvalue weighted by atomic mass is 10.1.